The van der Waals surface area contributed by atoms with Crippen LogP contribution in [0.5, 0.6) is 0 Å². The van der Waals surface area contributed by atoms with Gasteiger partial charge in [0.05, 0.1) is 19.8 Å². The Balaban J connectivity index is 1.69. The van der Waals surface area contributed by atoms with E-state index < -0.39 is 92.7 Å². The van der Waals surface area contributed by atoms with Crippen LogP contribution in [0.3, 0.4) is 0 Å². The van der Waals surface area contributed by atoms with Crippen molar-refractivity contribution in [2.24, 2.45) is 0 Å². The highest BCUT2D eigenvalue weighted by molar-refractivity contribution is 5.70. The van der Waals surface area contributed by atoms with Crippen molar-refractivity contribution in [1.29, 1.82) is 0 Å². The molecule has 0 aromatic rings. The van der Waals surface area contributed by atoms with Crippen molar-refractivity contribution in [3.8, 4) is 0 Å². The van der Waals surface area contributed by atoms with E-state index in [0.717, 1.165) is 38.5 Å². The molecule has 472 valence electrons. The molecule has 0 aromatic carbocycles. The topological polar surface area (TPSA) is 231 Å². The summed E-state index contributed by atoms with van der Waals surface area (Å²) in [5.74, 6) is -0.904. The van der Waals surface area contributed by atoms with Gasteiger partial charge in [-0.25, -0.2) is 0 Å². The highest BCUT2D eigenvalue weighted by atomic mass is 16.7. The fourth-order valence-corrected chi connectivity index (χ4v) is 10.9. The molecule has 2 aliphatic heterocycles. The molecule has 0 amide bonds. The van der Waals surface area contributed by atoms with Gasteiger partial charge in [-0.1, -0.05) is 257 Å². The van der Waals surface area contributed by atoms with Gasteiger partial charge in [-0.3, -0.25) is 9.59 Å². The molecule has 0 saturated carbocycles. The molecule has 15 nitrogen and oxygen atoms in total. The Kier molecular flexibility index (Phi) is 48.0. The van der Waals surface area contributed by atoms with Gasteiger partial charge in [0.2, 0.25) is 0 Å². The van der Waals surface area contributed by atoms with Crippen molar-refractivity contribution in [2.75, 3.05) is 26.4 Å². The predicted octanol–water partition coefficient (Wildman–Crippen LogP) is 12.8. The third-order valence-corrected chi connectivity index (χ3v) is 16.2. The molecule has 7 N–H and O–H groups in total. The monoisotopic (exact) mass is 1140 g/mol. The third kappa shape index (κ3) is 37.5. The second kappa shape index (κ2) is 51.6. The van der Waals surface area contributed by atoms with Crippen LogP contribution in [-0.4, -0.2) is 142 Å². The summed E-state index contributed by atoms with van der Waals surface area (Å²) in [6, 6.07) is 0. The molecule has 80 heavy (non-hydrogen) atoms. The number of carbonyl (C=O) groups is 2. The summed E-state index contributed by atoms with van der Waals surface area (Å²) in [7, 11) is 0. The normalized spacial score (nSPS) is 23.7. The second-order valence-electron chi connectivity index (χ2n) is 23.7. The lowest BCUT2D eigenvalue weighted by Crippen LogP contribution is -2.61. The van der Waals surface area contributed by atoms with E-state index in [1.807, 2.05) is 0 Å². The Labute approximate surface area is 486 Å². The summed E-state index contributed by atoms with van der Waals surface area (Å²) in [4.78, 5) is 26.0. The lowest BCUT2D eigenvalue weighted by Gasteiger charge is -2.42. The smallest absolute Gasteiger partial charge is 0.306 e. The number of hydrogen-bond acceptors (Lipinski definition) is 15. The molecule has 4 unspecified atom stereocenters. The van der Waals surface area contributed by atoms with Crippen LogP contribution < -0.4 is 0 Å². The maximum absolute atomic E-state index is 13.1. The Morgan fingerprint density at radius 1 is 0.388 bits per heavy atom. The fraction of sp³-hybridized carbons (Fsp3) is 0.938. The number of aliphatic hydroxyl groups excluding tert-OH is 7. The van der Waals surface area contributed by atoms with Crippen LogP contribution in [0.1, 0.15) is 296 Å². The molecule has 2 fully saturated rings. The van der Waals surface area contributed by atoms with Crippen LogP contribution in [0.15, 0.2) is 12.2 Å². The first-order chi connectivity index (χ1) is 39.0. The van der Waals surface area contributed by atoms with Gasteiger partial charge in [-0.2, -0.15) is 0 Å². The van der Waals surface area contributed by atoms with Gasteiger partial charge in [-0.05, 0) is 38.5 Å². The van der Waals surface area contributed by atoms with Gasteiger partial charge < -0.3 is 64.2 Å². The Bertz CT molecular complexity index is 1440. The summed E-state index contributed by atoms with van der Waals surface area (Å²) < 4.78 is 33.8. The van der Waals surface area contributed by atoms with Gasteiger partial charge in [0.25, 0.3) is 0 Å². The molecule has 2 rings (SSSR count). The van der Waals surface area contributed by atoms with Gasteiger partial charge in [0, 0.05) is 12.8 Å². The van der Waals surface area contributed by atoms with Crippen molar-refractivity contribution >= 4 is 11.9 Å². The fourth-order valence-electron chi connectivity index (χ4n) is 10.9. The number of unbranched alkanes of at least 4 members (excludes halogenated alkanes) is 39. The van der Waals surface area contributed by atoms with Crippen LogP contribution in [0.25, 0.3) is 0 Å². The summed E-state index contributed by atoms with van der Waals surface area (Å²) in [5.41, 5.74) is 0. The van der Waals surface area contributed by atoms with Crippen molar-refractivity contribution in [3.63, 3.8) is 0 Å². The largest absolute Gasteiger partial charge is 0.462 e. The molecule has 15 heteroatoms. The van der Waals surface area contributed by atoms with Crippen LogP contribution >= 0.6 is 0 Å². The zero-order valence-electron chi connectivity index (χ0n) is 50.8. The number of aliphatic hydroxyl groups is 7. The summed E-state index contributed by atoms with van der Waals surface area (Å²) in [6.45, 7) is 2.67. The van der Waals surface area contributed by atoms with Crippen molar-refractivity contribution in [1.82, 2.24) is 0 Å². The minimum atomic E-state index is -1.76. The average molecular weight is 1140 g/mol. The zero-order valence-corrected chi connectivity index (χ0v) is 50.8. The molecule has 2 heterocycles. The number of hydrogen-bond donors (Lipinski definition) is 7. The number of allylic oxidation sites excluding steroid dienone is 2. The van der Waals surface area contributed by atoms with E-state index in [4.69, 9.17) is 28.4 Å². The first kappa shape index (κ1) is 74.3. The highest BCUT2D eigenvalue weighted by Gasteiger charge is 2.47. The second-order valence-corrected chi connectivity index (χ2v) is 23.7. The van der Waals surface area contributed by atoms with E-state index >= 15 is 0 Å². The van der Waals surface area contributed by atoms with E-state index in [2.05, 4.69) is 26.0 Å². The quantitative estimate of drug-likeness (QED) is 0.0171. The summed E-state index contributed by atoms with van der Waals surface area (Å²) in [6.07, 6.45) is 40.9. The SMILES string of the molecule is CCCCCCCC/C=C/CCCCCCCCCCCCCC(=O)OC[C@H](CO[C@H]1O[C@@H](CO[C@H]2O[C@@H](CO)[C@@H](O)C(O)C2O)[C@@H](O)C(O)C1O)OC(=O)CCCCCCCCCCCCCCCCCCCCCCCCC. The van der Waals surface area contributed by atoms with Crippen LogP contribution in [-0.2, 0) is 38.0 Å². The van der Waals surface area contributed by atoms with Gasteiger partial charge in [-0.15, -0.1) is 0 Å². The van der Waals surface area contributed by atoms with Crippen LogP contribution in [0.2, 0.25) is 0 Å². The maximum Gasteiger partial charge on any atom is 0.306 e. The minimum Gasteiger partial charge on any atom is -0.462 e. The lowest BCUT2D eigenvalue weighted by atomic mass is 9.98. The number of carbonyl (C=O) groups excluding carboxylic acids is 2. The van der Waals surface area contributed by atoms with Crippen molar-refractivity contribution in [3.05, 3.63) is 12.2 Å². The Hall–Kier alpha value is -1.76. The van der Waals surface area contributed by atoms with E-state index in [1.165, 1.54) is 218 Å². The number of ether oxygens (including phenoxy) is 6. The van der Waals surface area contributed by atoms with E-state index in [0.29, 0.717) is 12.8 Å². The lowest BCUT2D eigenvalue weighted by molar-refractivity contribution is -0.332. The average Bonchev–Trinajstić information content (AvgIpc) is 3.50. The molecule has 0 radical (unpaired) electrons. The standard InChI is InChI=1S/C65H122O15/c1-3-5-7-9-11-13-15-17-19-21-23-25-26-28-30-32-34-36-38-40-42-44-46-48-57(68)78-53(51-76-64-63(74)61(72)59(70)55(80-64)52-77-65-62(73)60(71)58(69)54(49-66)79-65)50-75-56(67)47-45-43-41-39-37-35-33-31-29-27-24-22-20-18-16-14-12-10-8-6-4-2/h18,20,53-55,58-66,69-74H,3-17,19,21-52H2,1-2H3/b20-18+/t53-,54+,55+,58-,59-,60?,61?,62?,63?,64+,65+/m1/s1. The molecular weight excluding hydrogens is 1020 g/mol. The van der Waals surface area contributed by atoms with Crippen LogP contribution in [0, 0.1) is 0 Å². The molecule has 2 saturated heterocycles. The molecule has 0 aliphatic carbocycles. The first-order valence-corrected chi connectivity index (χ1v) is 33.3. The molecule has 0 aromatic heterocycles. The van der Waals surface area contributed by atoms with Gasteiger partial charge >= 0.3 is 11.9 Å². The van der Waals surface area contributed by atoms with Crippen molar-refractivity contribution in [2.45, 2.75) is 364 Å². The molecule has 0 spiro atoms. The van der Waals surface area contributed by atoms with E-state index in [1.54, 1.807) is 0 Å². The Morgan fingerprint density at radius 2 is 0.713 bits per heavy atom. The molecular formula is C65H122O15. The summed E-state index contributed by atoms with van der Waals surface area (Å²) >= 11 is 0. The third-order valence-electron chi connectivity index (χ3n) is 16.2. The number of rotatable bonds is 55. The number of esters is 2. The maximum atomic E-state index is 13.1. The summed E-state index contributed by atoms with van der Waals surface area (Å²) in [5, 5.41) is 72.5. The molecule has 11 atom stereocenters. The Morgan fingerprint density at radius 3 is 1.10 bits per heavy atom. The molecule has 0 bridgehead atoms. The molecule has 2 aliphatic rings. The van der Waals surface area contributed by atoms with Crippen molar-refractivity contribution < 1.29 is 73.8 Å². The first-order valence-electron chi connectivity index (χ1n) is 33.3. The van der Waals surface area contributed by atoms with E-state index in [9.17, 15) is 45.3 Å². The highest BCUT2D eigenvalue weighted by Crippen LogP contribution is 2.27. The van der Waals surface area contributed by atoms with E-state index in [-0.39, 0.29) is 26.1 Å². The van der Waals surface area contributed by atoms with Gasteiger partial charge in [0.1, 0.15) is 55.4 Å². The predicted molar refractivity (Wildman–Crippen MR) is 317 cm³/mol. The van der Waals surface area contributed by atoms with Gasteiger partial charge in [0.15, 0.2) is 18.7 Å². The zero-order chi connectivity index (χ0) is 58.1. The minimum absolute atomic E-state index is 0.172. The van der Waals surface area contributed by atoms with Crippen LogP contribution in [0.4, 0.5) is 0 Å².